The van der Waals surface area contributed by atoms with Crippen molar-refractivity contribution in [1.29, 1.82) is 5.26 Å². The molecule has 0 aromatic carbocycles. The molecule has 1 rings (SSSR count). The molecule has 0 saturated carbocycles. The first-order chi connectivity index (χ1) is 17.0. The Hall–Kier alpha value is -3.34. The van der Waals surface area contributed by atoms with Gasteiger partial charge in [0.05, 0.1) is 6.20 Å². The number of carbonyl (C=O) groups is 3. The van der Waals surface area contributed by atoms with E-state index >= 15 is 0 Å². The van der Waals surface area contributed by atoms with E-state index in [1.807, 2.05) is 33.8 Å². The zero-order chi connectivity index (χ0) is 27.1. The van der Waals surface area contributed by atoms with Crippen molar-refractivity contribution in [2.45, 2.75) is 65.6 Å². The minimum Gasteiger partial charge on any atom is -0.402 e. The number of hydrogen-bond donors (Lipinski definition) is 5. The lowest BCUT2D eigenvalue weighted by atomic mass is 10.1. The van der Waals surface area contributed by atoms with E-state index in [4.69, 9.17) is 9.92 Å². The fourth-order valence-electron chi connectivity index (χ4n) is 3.17. The predicted octanol–water partition coefficient (Wildman–Crippen LogP) is 0.442. The molecule has 0 aliphatic heterocycles. The van der Waals surface area contributed by atoms with Gasteiger partial charge in [0.25, 0.3) is 11.8 Å². The van der Waals surface area contributed by atoms with Crippen LogP contribution in [0.2, 0.25) is 0 Å². The summed E-state index contributed by atoms with van der Waals surface area (Å²) in [6.45, 7) is 7.76. The molecule has 0 bridgehead atoms. The Labute approximate surface area is 211 Å². The lowest BCUT2D eigenvalue weighted by Gasteiger charge is -2.25. The van der Waals surface area contributed by atoms with Gasteiger partial charge in [0.15, 0.2) is 0 Å². The number of aromatic nitrogens is 2. The average Bonchev–Trinajstić information content (AvgIpc) is 2.80. The number of nitrogens with zero attached hydrogens (tertiary/aromatic N) is 3. The van der Waals surface area contributed by atoms with Gasteiger partial charge in [-0.3, -0.25) is 19.4 Å². The van der Waals surface area contributed by atoms with Crippen molar-refractivity contribution in [3.63, 3.8) is 0 Å². The van der Waals surface area contributed by atoms with Crippen LogP contribution < -0.4 is 16.0 Å². The Kier molecular flexibility index (Phi) is 13.9. The van der Waals surface area contributed by atoms with Crippen LogP contribution in [0.3, 0.4) is 0 Å². The number of amides is 3. The molecule has 0 radical (unpaired) electrons. The lowest BCUT2D eigenvalue weighted by Crippen LogP contribution is -2.51. The van der Waals surface area contributed by atoms with Crippen LogP contribution in [-0.4, -0.2) is 63.9 Å². The molecule has 2 atom stereocenters. The summed E-state index contributed by atoms with van der Waals surface area (Å²) in [6, 6.07) is 0.893. The van der Waals surface area contributed by atoms with Gasteiger partial charge in [0, 0.05) is 18.9 Å². The van der Waals surface area contributed by atoms with Gasteiger partial charge < -0.3 is 30.7 Å². The second-order valence-electron chi connectivity index (χ2n) is 8.89. The quantitative estimate of drug-likeness (QED) is 0.0746. The van der Waals surface area contributed by atoms with Crippen LogP contribution in [-0.2, 0) is 14.2 Å². The third-order valence-electron chi connectivity index (χ3n) is 4.76. The number of nitrogens with one attached hydrogen (secondary N) is 3. The molecule has 0 aliphatic rings. The zero-order valence-electron chi connectivity index (χ0n) is 21.1. The molecule has 3 amide bonds. The van der Waals surface area contributed by atoms with Gasteiger partial charge in [-0.15, -0.1) is 0 Å². The van der Waals surface area contributed by atoms with Crippen molar-refractivity contribution in [2.24, 2.45) is 11.8 Å². The molecule has 0 saturated heterocycles. The second kappa shape index (κ2) is 16.4. The van der Waals surface area contributed by atoms with E-state index in [0.717, 1.165) is 0 Å². The summed E-state index contributed by atoms with van der Waals surface area (Å²) in [4.78, 5) is 45.4. The van der Waals surface area contributed by atoms with Crippen LogP contribution in [0, 0.1) is 23.2 Å². The number of carbonyl (C=O) groups excluding carboxylic acids is 3. The molecular weight excluding hydrogens is 467 g/mol. The highest BCUT2D eigenvalue weighted by Crippen LogP contribution is 2.09. The fourth-order valence-corrected chi connectivity index (χ4v) is 3.17. The van der Waals surface area contributed by atoms with Gasteiger partial charge in [-0.25, -0.2) is 4.98 Å². The summed E-state index contributed by atoms with van der Waals surface area (Å²) in [5, 5.41) is 35.4. The van der Waals surface area contributed by atoms with E-state index in [1.165, 1.54) is 18.6 Å². The van der Waals surface area contributed by atoms with E-state index in [1.54, 1.807) is 6.08 Å². The maximum atomic E-state index is 13.0. The first-order valence-electron chi connectivity index (χ1n) is 11.8. The van der Waals surface area contributed by atoms with Crippen molar-refractivity contribution in [2.75, 3.05) is 6.54 Å². The Morgan fingerprint density at radius 3 is 2.44 bits per heavy atom. The number of unbranched alkanes of at least 4 members (excludes halogenated alkanes) is 1. The van der Waals surface area contributed by atoms with E-state index in [9.17, 15) is 24.4 Å². The highest BCUT2D eigenvalue weighted by atomic mass is 16.6. The third-order valence-corrected chi connectivity index (χ3v) is 4.76. The number of hydrogen-bond acceptors (Lipinski definition) is 9. The van der Waals surface area contributed by atoms with Crippen molar-refractivity contribution < 1.29 is 29.1 Å². The Morgan fingerprint density at radius 1 is 1.17 bits per heavy atom. The van der Waals surface area contributed by atoms with Crippen LogP contribution >= 0.6 is 0 Å². The highest BCUT2D eigenvalue weighted by molar-refractivity contribution is 6.32. The monoisotopic (exact) mass is 502 g/mol. The third kappa shape index (κ3) is 12.4. The lowest BCUT2D eigenvalue weighted by molar-refractivity contribution is -0.126. The number of nitriles is 1. The van der Waals surface area contributed by atoms with Gasteiger partial charge in [-0.2, -0.15) is 5.26 Å². The topological polar surface area (TPSA) is 187 Å². The summed E-state index contributed by atoms with van der Waals surface area (Å²) in [7, 11) is -2.08. The van der Waals surface area contributed by atoms with Crippen molar-refractivity contribution in [3.8, 4) is 6.07 Å². The maximum absolute atomic E-state index is 13.0. The largest absolute Gasteiger partial charge is 0.635 e. The first kappa shape index (κ1) is 30.7. The molecule has 0 aliphatic carbocycles. The predicted molar refractivity (Wildman–Crippen MR) is 131 cm³/mol. The second-order valence-corrected chi connectivity index (χ2v) is 8.89. The van der Waals surface area contributed by atoms with Gasteiger partial charge >= 0.3 is 7.32 Å². The Balaban J connectivity index is 2.79. The molecule has 1 aromatic heterocycles. The zero-order valence-corrected chi connectivity index (χ0v) is 21.1. The maximum Gasteiger partial charge on any atom is 0.635 e. The van der Waals surface area contributed by atoms with Crippen LogP contribution in [0.5, 0.6) is 0 Å². The number of allylic oxidation sites excluding steroid dienone is 1. The van der Waals surface area contributed by atoms with Crippen molar-refractivity contribution in [1.82, 2.24) is 25.9 Å². The normalized spacial score (nSPS) is 13.0. The van der Waals surface area contributed by atoms with E-state index in [-0.39, 0.29) is 36.1 Å². The minimum atomic E-state index is -2.08. The van der Waals surface area contributed by atoms with Crippen LogP contribution in [0.15, 0.2) is 30.2 Å². The molecular formula is C23H35BN6O6. The molecule has 5 N–H and O–H groups in total. The highest BCUT2D eigenvalue weighted by Gasteiger charge is 2.27. The van der Waals surface area contributed by atoms with E-state index in [0.29, 0.717) is 19.3 Å². The van der Waals surface area contributed by atoms with Crippen LogP contribution in [0.25, 0.3) is 0 Å². The molecule has 0 spiro atoms. The Bertz CT molecular complexity index is 909. The van der Waals surface area contributed by atoms with Gasteiger partial charge in [-0.05, 0) is 37.5 Å². The summed E-state index contributed by atoms with van der Waals surface area (Å²) < 4.78 is 4.97. The van der Waals surface area contributed by atoms with E-state index < -0.39 is 37.3 Å². The fraction of sp³-hybridized carbons (Fsp3) is 0.565. The molecule has 12 nitrogen and oxygen atoms in total. The summed E-state index contributed by atoms with van der Waals surface area (Å²) in [5.74, 6) is -1.51. The summed E-state index contributed by atoms with van der Waals surface area (Å²) in [6.07, 6.45) is 6.10. The molecule has 196 valence electrons. The standard InChI is InChI=1S/C23H35BN6O6/c1-15(2)11-17(13-25)21(31)28-8-6-5-7-18(29-23(33)19-14-26-9-10-27-19)22(32)30-20(12-16(3)4)36-24(34)35/h9-11,14-16,18,20,34-35H,5-8,12H2,1-4H3,(H,28,31)(H,29,33)(H,30,32)/t18-,20+/m0/s1. The molecule has 36 heavy (non-hydrogen) atoms. The Morgan fingerprint density at radius 2 is 1.89 bits per heavy atom. The van der Waals surface area contributed by atoms with E-state index in [2.05, 4.69) is 25.9 Å². The van der Waals surface area contributed by atoms with Crippen LogP contribution in [0.4, 0.5) is 0 Å². The van der Waals surface area contributed by atoms with Crippen molar-refractivity contribution in [3.05, 3.63) is 35.9 Å². The first-order valence-corrected chi connectivity index (χ1v) is 11.8. The minimum absolute atomic E-state index is 0.0318. The van der Waals surface area contributed by atoms with Gasteiger partial charge in [-0.1, -0.05) is 33.8 Å². The molecule has 1 heterocycles. The molecule has 0 fully saturated rings. The average molecular weight is 502 g/mol. The smallest absolute Gasteiger partial charge is 0.402 e. The summed E-state index contributed by atoms with van der Waals surface area (Å²) >= 11 is 0. The SMILES string of the molecule is CC(C)C=C(C#N)C(=O)NCCCC[C@H](NC(=O)c1cnccn1)C(=O)N[C@@H](CC(C)C)OB(O)O. The molecule has 0 unspecified atom stereocenters. The van der Waals surface area contributed by atoms with Crippen LogP contribution in [0.1, 0.15) is 63.9 Å². The summed E-state index contributed by atoms with van der Waals surface area (Å²) in [5.41, 5.74) is 0.0741. The van der Waals surface area contributed by atoms with Gasteiger partial charge in [0.1, 0.15) is 29.6 Å². The molecule has 13 heteroatoms. The molecule has 1 aromatic rings. The van der Waals surface area contributed by atoms with Crippen molar-refractivity contribution >= 4 is 25.0 Å². The van der Waals surface area contributed by atoms with Gasteiger partial charge in [0.2, 0.25) is 5.91 Å². The number of rotatable bonds is 15.